The molecule has 3 saturated carbocycles. The van der Waals surface area contributed by atoms with E-state index in [2.05, 4.69) is 18.7 Å². The Kier molecular flexibility index (Phi) is 19.0. The van der Waals surface area contributed by atoms with Gasteiger partial charge in [0.25, 0.3) is 0 Å². The van der Waals surface area contributed by atoms with Crippen LogP contribution in [0, 0.1) is 23.2 Å². The van der Waals surface area contributed by atoms with Crippen molar-refractivity contribution in [3.63, 3.8) is 0 Å². The number of ether oxygens (including phenoxy) is 3. The Morgan fingerprint density at radius 2 is 1.41 bits per heavy atom. The van der Waals surface area contributed by atoms with E-state index in [1.165, 1.54) is 44.9 Å². The predicted octanol–water partition coefficient (Wildman–Crippen LogP) is 9.50. The average molecular weight is 828 g/mol. The Balaban J connectivity index is 0.979. The largest absolute Gasteiger partial charge is 0.462 e. The molecule has 1 spiro atoms. The molecule has 8 unspecified atom stereocenters. The van der Waals surface area contributed by atoms with Crippen molar-refractivity contribution in [1.82, 2.24) is 4.90 Å². The van der Waals surface area contributed by atoms with Crippen molar-refractivity contribution in [2.45, 2.75) is 224 Å². The number of aliphatic hydroxyl groups excluding tert-OH is 1. The molecule has 4 fully saturated rings. The maximum atomic E-state index is 13.6. The molecule has 1 heterocycles. The summed E-state index contributed by atoms with van der Waals surface area (Å²) in [6, 6.07) is 0. The Bertz CT molecular complexity index is 1400. The average Bonchev–Trinajstić information content (AvgIpc) is 3.48. The minimum atomic E-state index is -1.72. The van der Waals surface area contributed by atoms with Crippen LogP contribution in [0.5, 0.6) is 0 Å². The van der Waals surface area contributed by atoms with Crippen LogP contribution in [0.4, 0.5) is 0 Å². The minimum Gasteiger partial charge on any atom is -0.462 e. The van der Waals surface area contributed by atoms with Crippen molar-refractivity contribution in [3.8, 4) is 0 Å². The fourth-order valence-electron chi connectivity index (χ4n) is 12.0. The molecule has 4 aliphatic carbocycles. The lowest BCUT2D eigenvalue weighted by Crippen LogP contribution is -2.72. The third kappa shape index (κ3) is 12.1. The molecule has 0 aromatic heterocycles. The van der Waals surface area contributed by atoms with Gasteiger partial charge in [0, 0.05) is 37.2 Å². The van der Waals surface area contributed by atoms with Gasteiger partial charge in [-0.3, -0.25) is 14.4 Å². The van der Waals surface area contributed by atoms with E-state index in [1.54, 1.807) is 0 Å². The Labute approximate surface area is 356 Å². The summed E-state index contributed by atoms with van der Waals surface area (Å²) in [6.45, 7) is 9.36. The zero-order valence-electron chi connectivity index (χ0n) is 37.3. The second-order valence-corrected chi connectivity index (χ2v) is 19.4. The number of esters is 3. The van der Waals surface area contributed by atoms with E-state index in [0.717, 1.165) is 122 Å². The number of fused-ring (bicyclic) bond motifs is 2. The van der Waals surface area contributed by atoms with Crippen molar-refractivity contribution in [2.24, 2.45) is 23.2 Å². The highest BCUT2D eigenvalue weighted by molar-refractivity contribution is 5.92. The molecule has 0 radical (unpaired) electrons. The topological polar surface area (TPSA) is 140 Å². The Morgan fingerprint density at radius 1 is 0.797 bits per heavy atom. The quantitative estimate of drug-likeness (QED) is 0.0426. The molecule has 10 nitrogen and oxygen atoms in total. The number of hydrogen-bond donors (Lipinski definition) is 2. The number of hydrogen-bond acceptors (Lipinski definition) is 10. The van der Waals surface area contributed by atoms with Gasteiger partial charge in [-0.25, -0.2) is 4.79 Å². The lowest BCUT2D eigenvalue weighted by molar-refractivity contribution is -0.318. The van der Waals surface area contributed by atoms with Gasteiger partial charge in [-0.15, -0.1) is 0 Å². The third-order valence-electron chi connectivity index (χ3n) is 15.3. The predicted molar refractivity (Wildman–Crippen MR) is 229 cm³/mol. The van der Waals surface area contributed by atoms with Gasteiger partial charge in [-0.2, -0.15) is 0 Å². The molecular weight excluding hydrogens is 747 g/mol. The normalized spacial score (nSPS) is 29.9. The zero-order chi connectivity index (χ0) is 42.3. The summed E-state index contributed by atoms with van der Waals surface area (Å²) in [5, 5.41) is 21.3. The Morgan fingerprint density at radius 3 is 2.07 bits per heavy atom. The van der Waals surface area contributed by atoms with E-state index in [4.69, 9.17) is 14.2 Å². The van der Waals surface area contributed by atoms with Gasteiger partial charge in [0.05, 0.1) is 11.7 Å². The van der Waals surface area contributed by atoms with Crippen LogP contribution in [0.15, 0.2) is 11.6 Å². The molecule has 10 heteroatoms. The fraction of sp³-hybridized carbons (Fsp3) is 0.878. The molecule has 1 aliphatic heterocycles. The maximum Gasteiger partial charge on any atom is 0.346 e. The summed E-state index contributed by atoms with van der Waals surface area (Å²) in [5.41, 5.74) is -1.64. The SMILES string of the molecule is CCCCCCCC(CCCCCC)OC(=O)CCCCCN(CCCCO)CCCCCC(=O)OC(=O)C1(O)CCC2C3CCC4=CC(=O)CCC45OC(CC21C)C35. The highest BCUT2D eigenvalue weighted by Gasteiger charge is 2.74. The summed E-state index contributed by atoms with van der Waals surface area (Å²) in [5.74, 6) is -0.451. The monoisotopic (exact) mass is 828 g/mol. The molecule has 8 atom stereocenters. The van der Waals surface area contributed by atoms with Crippen molar-refractivity contribution in [2.75, 3.05) is 26.2 Å². The van der Waals surface area contributed by atoms with E-state index in [0.29, 0.717) is 43.9 Å². The van der Waals surface area contributed by atoms with Crippen LogP contribution in [0.1, 0.15) is 201 Å². The van der Waals surface area contributed by atoms with Crippen molar-refractivity contribution in [1.29, 1.82) is 0 Å². The second kappa shape index (κ2) is 23.3. The van der Waals surface area contributed by atoms with Gasteiger partial charge >= 0.3 is 17.9 Å². The van der Waals surface area contributed by atoms with Gasteiger partial charge in [0.15, 0.2) is 11.4 Å². The van der Waals surface area contributed by atoms with Crippen LogP contribution in [0.2, 0.25) is 0 Å². The van der Waals surface area contributed by atoms with E-state index in [-0.39, 0.29) is 48.5 Å². The number of aliphatic hydroxyl groups is 2. The Hall–Kier alpha value is -2.14. The number of unbranched alkanes of at least 4 members (excludes halogenated alkanes) is 12. The summed E-state index contributed by atoms with van der Waals surface area (Å²) in [7, 11) is 0. The van der Waals surface area contributed by atoms with Gasteiger partial charge in [-0.05, 0) is 146 Å². The molecule has 0 aromatic rings. The molecule has 2 N–H and O–H groups in total. The highest BCUT2D eigenvalue weighted by Crippen LogP contribution is 2.71. The molecule has 0 bridgehead atoms. The summed E-state index contributed by atoms with van der Waals surface area (Å²) in [4.78, 5) is 53.9. The third-order valence-corrected chi connectivity index (χ3v) is 15.3. The van der Waals surface area contributed by atoms with Gasteiger partial charge in [0.2, 0.25) is 0 Å². The molecule has 59 heavy (non-hydrogen) atoms. The van der Waals surface area contributed by atoms with Crippen LogP contribution in [-0.2, 0) is 33.4 Å². The number of rotatable bonds is 29. The number of carbonyl (C=O) groups is 4. The zero-order valence-corrected chi connectivity index (χ0v) is 37.3. The first-order chi connectivity index (χ1) is 28.5. The standard InChI is InChI=1S/C49H81NO9/c1-4-6-8-10-14-22-39(21-13-9-7-5-2)57-43(53)23-15-11-17-31-50(33-19-20-34-51)32-18-12-16-24-44(54)58-46(55)49(56)30-28-41-40-26-25-37-35-38(52)27-29-48(37)45(40)42(59-48)36-47(41,49)3/h35,39-42,45,51,56H,4-34,36H2,1-3H3. The first-order valence-corrected chi connectivity index (χ1v) is 24.4. The van der Waals surface area contributed by atoms with Gasteiger partial charge in [0.1, 0.15) is 6.10 Å². The van der Waals surface area contributed by atoms with Crippen LogP contribution >= 0.6 is 0 Å². The van der Waals surface area contributed by atoms with Crippen LogP contribution in [0.25, 0.3) is 0 Å². The van der Waals surface area contributed by atoms with E-state index >= 15 is 0 Å². The molecule has 0 amide bonds. The van der Waals surface area contributed by atoms with E-state index < -0.39 is 23.0 Å². The molecule has 336 valence electrons. The lowest BCUT2D eigenvalue weighted by Gasteiger charge is -2.69. The van der Waals surface area contributed by atoms with Crippen LogP contribution in [-0.4, -0.2) is 88.5 Å². The van der Waals surface area contributed by atoms with Gasteiger partial charge < -0.3 is 29.3 Å². The molecule has 5 rings (SSSR count). The number of nitrogens with zero attached hydrogens (tertiary/aromatic N) is 1. The van der Waals surface area contributed by atoms with E-state index in [9.17, 15) is 29.4 Å². The summed E-state index contributed by atoms with van der Waals surface area (Å²) < 4.78 is 18.0. The second-order valence-electron chi connectivity index (χ2n) is 19.4. The number of carbonyl (C=O) groups excluding carboxylic acids is 4. The summed E-state index contributed by atoms with van der Waals surface area (Å²) in [6.07, 6.45) is 26.7. The number of ketones is 1. The van der Waals surface area contributed by atoms with Crippen molar-refractivity contribution in [3.05, 3.63) is 11.6 Å². The fourth-order valence-corrected chi connectivity index (χ4v) is 12.0. The summed E-state index contributed by atoms with van der Waals surface area (Å²) >= 11 is 0. The lowest BCUT2D eigenvalue weighted by atomic mass is 9.45. The smallest absolute Gasteiger partial charge is 0.346 e. The molecule has 5 aliphatic rings. The first kappa shape index (κ1) is 47.9. The minimum absolute atomic E-state index is 0.0527. The van der Waals surface area contributed by atoms with Crippen molar-refractivity contribution < 1.29 is 43.6 Å². The maximum absolute atomic E-state index is 13.6. The van der Waals surface area contributed by atoms with Crippen molar-refractivity contribution >= 4 is 23.7 Å². The van der Waals surface area contributed by atoms with Crippen LogP contribution < -0.4 is 0 Å². The van der Waals surface area contributed by atoms with Gasteiger partial charge in [-0.1, -0.05) is 78.6 Å². The van der Waals surface area contributed by atoms with E-state index in [1.807, 2.05) is 13.0 Å². The first-order valence-electron chi connectivity index (χ1n) is 24.4. The molecular formula is C49H81NO9. The molecule has 1 saturated heterocycles. The van der Waals surface area contributed by atoms with Crippen LogP contribution in [0.3, 0.4) is 0 Å². The highest BCUT2D eigenvalue weighted by atomic mass is 16.6. The molecule has 0 aromatic carbocycles.